The van der Waals surface area contributed by atoms with E-state index >= 15 is 0 Å². The van der Waals surface area contributed by atoms with Gasteiger partial charge in [0.2, 0.25) is 0 Å². The van der Waals surface area contributed by atoms with E-state index in [1.54, 1.807) is 12.4 Å². The molecule has 1 heterocycles. The van der Waals surface area contributed by atoms with Crippen LogP contribution in [0.4, 0.5) is 0 Å². The summed E-state index contributed by atoms with van der Waals surface area (Å²) in [5.74, 6) is 0.413. The third kappa shape index (κ3) is 3.40. The first-order chi connectivity index (χ1) is 6.59. The quantitative estimate of drug-likeness (QED) is 0.787. The molecular weight excluding hydrogens is 180 g/mol. The summed E-state index contributed by atoms with van der Waals surface area (Å²) in [7, 11) is 0. The van der Waals surface area contributed by atoms with Gasteiger partial charge in [-0.25, -0.2) is 9.97 Å². The van der Waals surface area contributed by atoms with Crippen LogP contribution in [0.2, 0.25) is 0 Å². The fraction of sp³-hybridized carbons (Fsp3) is 0.600. The topological polar surface area (TPSA) is 55.2 Å². The zero-order chi connectivity index (χ0) is 10.6. The number of ether oxygens (including phenoxy) is 1. The van der Waals surface area contributed by atoms with Crippen LogP contribution in [0, 0.1) is 6.92 Å². The first-order valence-corrected chi connectivity index (χ1v) is 4.68. The predicted octanol–water partition coefficient (Wildman–Crippen LogP) is 1.24. The average Bonchev–Trinajstić information content (AvgIpc) is 2.15. The third-order valence-corrected chi connectivity index (χ3v) is 1.69. The monoisotopic (exact) mass is 196 g/mol. The van der Waals surface area contributed by atoms with Crippen LogP contribution in [0.5, 0.6) is 0 Å². The van der Waals surface area contributed by atoms with Gasteiger partial charge in [-0.15, -0.1) is 0 Å². The van der Waals surface area contributed by atoms with Crippen molar-refractivity contribution in [3.05, 3.63) is 23.8 Å². The molecule has 1 aromatic rings. The van der Waals surface area contributed by atoms with Gasteiger partial charge in [0.05, 0.1) is 12.7 Å². The average molecular weight is 196 g/mol. The second-order valence-electron chi connectivity index (χ2n) is 3.52. The zero-order valence-electron chi connectivity index (χ0n) is 8.77. The van der Waals surface area contributed by atoms with E-state index in [0.717, 1.165) is 5.56 Å². The molecule has 0 spiro atoms. The fourth-order valence-electron chi connectivity index (χ4n) is 0.933. The molecule has 0 amide bonds. The molecule has 0 aromatic carbocycles. The fourth-order valence-corrected chi connectivity index (χ4v) is 0.933. The van der Waals surface area contributed by atoms with E-state index in [1.807, 2.05) is 20.8 Å². The largest absolute Gasteiger partial charge is 0.383 e. The van der Waals surface area contributed by atoms with Gasteiger partial charge in [-0.05, 0) is 26.3 Å². The zero-order valence-corrected chi connectivity index (χ0v) is 8.77. The molecule has 78 valence electrons. The van der Waals surface area contributed by atoms with Crippen molar-refractivity contribution in [3.8, 4) is 0 Å². The molecule has 4 heteroatoms. The lowest BCUT2D eigenvalue weighted by Gasteiger charge is -2.12. The highest BCUT2D eigenvalue weighted by Crippen LogP contribution is 2.08. The number of aliphatic hydroxyl groups is 1. The molecule has 0 aliphatic heterocycles. The first kappa shape index (κ1) is 11.1. The Labute approximate surface area is 84.0 Å². The van der Waals surface area contributed by atoms with Crippen molar-refractivity contribution in [3.63, 3.8) is 0 Å². The normalized spacial score (nSPS) is 13.2. The summed E-state index contributed by atoms with van der Waals surface area (Å²) in [4.78, 5) is 8.03. The number of aromatic nitrogens is 2. The maximum absolute atomic E-state index is 9.61. The second-order valence-corrected chi connectivity index (χ2v) is 3.52. The number of aryl methyl sites for hydroxylation is 1. The van der Waals surface area contributed by atoms with Crippen molar-refractivity contribution in [1.29, 1.82) is 0 Å². The Morgan fingerprint density at radius 1 is 1.36 bits per heavy atom. The SMILES string of the molecule is Cc1cnc(C(O)COC(C)C)nc1. The summed E-state index contributed by atoms with van der Waals surface area (Å²) in [6, 6.07) is 0. The molecule has 4 nitrogen and oxygen atoms in total. The van der Waals surface area contributed by atoms with Gasteiger partial charge >= 0.3 is 0 Å². The van der Waals surface area contributed by atoms with Crippen molar-refractivity contribution < 1.29 is 9.84 Å². The molecule has 1 aromatic heterocycles. The van der Waals surface area contributed by atoms with Crippen LogP contribution in [0.1, 0.15) is 31.3 Å². The molecule has 0 saturated carbocycles. The molecule has 0 saturated heterocycles. The summed E-state index contributed by atoms with van der Waals surface area (Å²) >= 11 is 0. The maximum atomic E-state index is 9.61. The Morgan fingerprint density at radius 3 is 2.43 bits per heavy atom. The summed E-state index contributed by atoms with van der Waals surface area (Å²) in [5.41, 5.74) is 0.978. The van der Waals surface area contributed by atoms with E-state index in [2.05, 4.69) is 9.97 Å². The van der Waals surface area contributed by atoms with Gasteiger partial charge in [0, 0.05) is 12.4 Å². The van der Waals surface area contributed by atoms with Gasteiger partial charge in [-0.3, -0.25) is 0 Å². The van der Waals surface area contributed by atoms with Crippen LogP contribution in [0.15, 0.2) is 12.4 Å². The van der Waals surface area contributed by atoms with Gasteiger partial charge in [0.25, 0.3) is 0 Å². The van der Waals surface area contributed by atoms with Crippen LogP contribution < -0.4 is 0 Å². The highest BCUT2D eigenvalue weighted by molar-refractivity contribution is 5.03. The summed E-state index contributed by atoms with van der Waals surface area (Å²) in [5, 5.41) is 9.61. The Bertz CT molecular complexity index is 272. The summed E-state index contributed by atoms with van der Waals surface area (Å²) in [6.07, 6.45) is 2.73. The highest BCUT2D eigenvalue weighted by atomic mass is 16.5. The standard InChI is InChI=1S/C10H16N2O2/c1-7(2)14-6-9(13)10-11-4-8(3)5-12-10/h4-5,7,9,13H,6H2,1-3H3. The van der Waals surface area contributed by atoms with Crippen molar-refractivity contribution in [2.75, 3.05) is 6.61 Å². The number of rotatable bonds is 4. The van der Waals surface area contributed by atoms with E-state index in [4.69, 9.17) is 4.74 Å². The van der Waals surface area contributed by atoms with Crippen molar-refractivity contribution >= 4 is 0 Å². The lowest BCUT2D eigenvalue weighted by molar-refractivity contribution is 0.00143. The van der Waals surface area contributed by atoms with Crippen molar-refractivity contribution in [2.45, 2.75) is 33.0 Å². The molecule has 14 heavy (non-hydrogen) atoms. The van der Waals surface area contributed by atoms with Crippen LogP contribution in [-0.4, -0.2) is 27.8 Å². The minimum atomic E-state index is -0.738. The first-order valence-electron chi connectivity index (χ1n) is 4.68. The van der Waals surface area contributed by atoms with Gasteiger partial charge in [0.1, 0.15) is 6.10 Å². The number of nitrogens with zero attached hydrogens (tertiary/aromatic N) is 2. The van der Waals surface area contributed by atoms with Crippen LogP contribution in [0.25, 0.3) is 0 Å². The Morgan fingerprint density at radius 2 is 1.93 bits per heavy atom. The third-order valence-electron chi connectivity index (χ3n) is 1.69. The molecule has 0 bridgehead atoms. The molecule has 0 aliphatic carbocycles. The Kier molecular flexibility index (Phi) is 3.98. The van der Waals surface area contributed by atoms with Gasteiger partial charge < -0.3 is 9.84 Å². The Balaban J connectivity index is 2.52. The lowest BCUT2D eigenvalue weighted by Crippen LogP contribution is -2.14. The Hall–Kier alpha value is -1.00. The van der Waals surface area contributed by atoms with Crippen molar-refractivity contribution in [2.24, 2.45) is 0 Å². The minimum absolute atomic E-state index is 0.107. The van der Waals surface area contributed by atoms with Gasteiger partial charge in [0.15, 0.2) is 5.82 Å². The van der Waals surface area contributed by atoms with E-state index < -0.39 is 6.10 Å². The molecule has 0 fully saturated rings. The highest BCUT2D eigenvalue weighted by Gasteiger charge is 2.10. The smallest absolute Gasteiger partial charge is 0.159 e. The molecule has 0 aliphatic rings. The molecular formula is C10H16N2O2. The lowest BCUT2D eigenvalue weighted by atomic mass is 10.3. The van der Waals surface area contributed by atoms with E-state index in [9.17, 15) is 5.11 Å². The van der Waals surface area contributed by atoms with Crippen LogP contribution in [-0.2, 0) is 4.74 Å². The second kappa shape index (κ2) is 5.02. The number of aliphatic hydroxyl groups excluding tert-OH is 1. The van der Waals surface area contributed by atoms with Crippen LogP contribution in [0.3, 0.4) is 0 Å². The van der Waals surface area contributed by atoms with Crippen LogP contribution >= 0.6 is 0 Å². The maximum Gasteiger partial charge on any atom is 0.159 e. The summed E-state index contributed by atoms with van der Waals surface area (Å²) < 4.78 is 5.26. The van der Waals surface area contributed by atoms with E-state index in [1.165, 1.54) is 0 Å². The number of hydrogen-bond acceptors (Lipinski definition) is 4. The molecule has 1 N–H and O–H groups in total. The minimum Gasteiger partial charge on any atom is -0.383 e. The van der Waals surface area contributed by atoms with Crippen molar-refractivity contribution in [1.82, 2.24) is 9.97 Å². The van der Waals surface area contributed by atoms with E-state index in [-0.39, 0.29) is 12.7 Å². The molecule has 0 radical (unpaired) electrons. The summed E-state index contributed by atoms with van der Waals surface area (Å²) in [6.45, 7) is 5.98. The molecule has 1 rings (SSSR count). The predicted molar refractivity (Wildman–Crippen MR) is 52.8 cm³/mol. The number of hydrogen-bond donors (Lipinski definition) is 1. The molecule has 1 atom stereocenters. The van der Waals surface area contributed by atoms with Gasteiger partial charge in [-0.1, -0.05) is 0 Å². The van der Waals surface area contributed by atoms with Gasteiger partial charge in [-0.2, -0.15) is 0 Å². The van der Waals surface area contributed by atoms with E-state index in [0.29, 0.717) is 5.82 Å². The molecule has 1 unspecified atom stereocenters.